The fourth-order valence-electron chi connectivity index (χ4n) is 11.2. The summed E-state index contributed by atoms with van der Waals surface area (Å²) in [6.45, 7) is 21.9. The van der Waals surface area contributed by atoms with Crippen LogP contribution in [-0.4, -0.2) is 14.1 Å². The Morgan fingerprint density at radius 3 is 1.78 bits per heavy atom. The number of aromatic nitrogens is 3. The monoisotopic (exact) mass is 1200 g/mol. The number of benzene rings is 9. The molecule has 0 spiro atoms. The van der Waals surface area contributed by atoms with Gasteiger partial charge in [0.2, 0.25) is 0 Å². The van der Waals surface area contributed by atoms with Crippen LogP contribution in [0.15, 0.2) is 200 Å². The molecule has 0 aliphatic carbocycles. The molecule has 6 heteroatoms. The number of nitrogens with zero attached hydrogens (tertiary/aromatic N) is 4. The number of para-hydroxylation sites is 2. The molecule has 5 nitrogen and oxygen atoms in total. The second-order valence-corrected chi connectivity index (χ2v) is 23.4. The standard InChI is InChI=1S/C72H61N4O.Pt/c1-70(2,3)49-32-35-64-63(41-49)60-34-33-54(44-66(60)76(64)67-42-50(36-37-73-67)71(4,5)6)77-53-23-17-22-52(43-53)74-45-75-68-55(48-38-47(46-20-11-10-12-21-46)39-51(40-48)72(7,8)9)28-18-29-61(68)58-26-15-13-24-56(58)57-25-14-16-27-59(57)62-30-19-31-65(74)69(62)75;/h10-42,45H,1-9H3;/q-3;/i10D,11D,12D,20D,21D;. The van der Waals surface area contributed by atoms with Gasteiger partial charge in [-0.05, 0) is 141 Å². The summed E-state index contributed by atoms with van der Waals surface area (Å²) in [6, 6.07) is 63.0. The van der Waals surface area contributed by atoms with Crippen LogP contribution in [-0.2, 0) is 37.3 Å². The Labute approximate surface area is 479 Å². The molecule has 0 saturated heterocycles. The molecule has 0 radical (unpaired) electrons. The number of fused-ring (bicyclic) bond motifs is 10. The van der Waals surface area contributed by atoms with Crippen molar-refractivity contribution in [1.29, 1.82) is 0 Å². The predicted octanol–water partition coefficient (Wildman–Crippen LogP) is 19.5. The molecule has 4 heterocycles. The maximum Gasteiger partial charge on any atom is 0.135 e. The minimum absolute atomic E-state index is 0. The maximum absolute atomic E-state index is 9.11. The molecule has 13 rings (SSSR count). The Hall–Kier alpha value is -8.11. The molecular weight excluding hydrogens is 1130 g/mol. The zero-order chi connectivity index (χ0) is 57.3. The van der Waals surface area contributed by atoms with E-state index in [9.17, 15) is 0 Å². The molecule has 0 amide bonds. The fourth-order valence-corrected chi connectivity index (χ4v) is 11.2. The summed E-state index contributed by atoms with van der Waals surface area (Å²) < 4.78 is 55.3. The van der Waals surface area contributed by atoms with Crippen LogP contribution >= 0.6 is 0 Å². The van der Waals surface area contributed by atoms with Crippen molar-refractivity contribution < 1.29 is 32.7 Å². The topological polar surface area (TPSA) is 35.2 Å². The van der Waals surface area contributed by atoms with E-state index in [4.69, 9.17) is 16.6 Å². The van der Waals surface area contributed by atoms with Crippen molar-refractivity contribution in [1.82, 2.24) is 14.1 Å². The second-order valence-electron chi connectivity index (χ2n) is 23.4. The van der Waals surface area contributed by atoms with Gasteiger partial charge >= 0.3 is 0 Å². The first-order valence-electron chi connectivity index (χ1n) is 28.9. The second kappa shape index (κ2) is 19.1. The molecule has 388 valence electrons. The minimum atomic E-state index is -0.422. The number of pyridine rings is 1. The summed E-state index contributed by atoms with van der Waals surface area (Å²) in [5, 5.41) is 8.54. The SMILES string of the molecule is [2H]c1c([2H])c([2H])c(-c2cc(-c3cccc4c5ccccc5c5ccccc5c5cccc6c5n(c34)[CH-]N6c3[c-]c(Oc4[c-]c5c(cc4)c4cc(C(C)(C)C)ccc4n5-c4cc(C(C)(C)C)ccn4)ccc3)cc(C(C)(C)C)c2)c([2H])c1[2H].[Pt]. The molecule has 1 aliphatic heterocycles. The molecule has 0 saturated carbocycles. The van der Waals surface area contributed by atoms with Crippen molar-refractivity contribution in [2.45, 2.75) is 78.6 Å². The number of anilines is 2. The smallest absolute Gasteiger partial charge is 0.135 e. The number of ether oxygens (including phenoxy) is 1. The molecule has 0 fully saturated rings. The number of hydrogen-bond acceptors (Lipinski definition) is 3. The largest absolute Gasteiger partial charge is 0.509 e. The number of hydrogen-bond donors (Lipinski definition) is 0. The Morgan fingerprint density at radius 2 is 1.09 bits per heavy atom. The first kappa shape index (κ1) is 45.0. The van der Waals surface area contributed by atoms with Gasteiger partial charge in [0.1, 0.15) is 5.82 Å². The summed E-state index contributed by atoms with van der Waals surface area (Å²) in [6.07, 6.45) is 1.90. The van der Waals surface area contributed by atoms with Crippen LogP contribution in [0.1, 0.15) is 85.9 Å². The van der Waals surface area contributed by atoms with Crippen LogP contribution in [0.2, 0.25) is 0 Å². The molecule has 0 unspecified atom stereocenters. The van der Waals surface area contributed by atoms with E-state index in [1.165, 1.54) is 11.1 Å². The van der Waals surface area contributed by atoms with Crippen LogP contribution in [0.25, 0.3) is 93.2 Å². The van der Waals surface area contributed by atoms with E-state index >= 15 is 0 Å². The van der Waals surface area contributed by atoms with Crippen molar-refractivity contribution in [2.24, 2.45) is 0 Å². The first-order chi connectivity index (χ1) is 39.1. The molecule has 9 aromatic carbocycles. The summed E-state index contributed by atoms with van der Waals surface area (Å²) in [5.41, 5.74) is 10.8. The van der Waals surface area contributed by atoms with E-state index in [0.29, 0.717) is 17.1 Å². The molecule has 0 bridgehead atoms. The van der Waals surface area contributed by atoms with Crippen LogP contribution in [0.5, 0.6) is 11.5 Å². The van der Waals surface area contributed by atoms with E-state index in [-0.39, 0.29) is 67.0 Å². The van der Waals surface area contributed by atoms with Gasteiger partial charge in [0.25, 0.3) is 0 Å². The quantitative estimate of drug-likeness (QED) is 0.156. The third kappa shape index (κ3) is 8.79. The van der Waals surface area contributed by atoms with Gasteiger partial charge in [-0.3, -0.25) is 0 Å². The van der Waals surface area contributed by atoms with Crippen molar-refractivity contribution in [3.63, 3.8) is 0 Å². The Balaban J connectivity index is 0.00000680. The molecule has 12 aromatic rings. The third-order valence-corrected chi connectivity index (χ3v) is 15.2. The number of rotatable bonds is 6. The van der Waals surface area contributed by atoms with Gasteiger partial charge in [-0.15, -0.1) is 35.7 Å². The van der Waals surface area contributed by atoms with Crippen molar-refractivity contribution >= 4 is 76.5 Å². The molecule has 3 aromatic heterocycles. The predicted molar refractivity (Wildman–Crippen MR) is 324 cm³/mol. The van der Waals surface area contributed by atoms with Gasteiger partial charge in [0.15, 0.2) is 0 Å². The summed E-state index contributed by atoms with van der Waals surface area (Å²) in [7, 11) is 0. The van der Waals surface area contributed by atoms with Crippen molar-refractivity contribution in [3.05, 3.63) is 236 Å². The van der Waals surface area contributed by atoms with E-state index in [0.717, 1.165) is 99.0 Å². The zero-order valence-corrected chi connectivity index (χ0v) is 47.5. The van der Waals surface area contributed by atoms with Crippen LogP contribution < -0.4 is 9.64 Å². The van der Waals surface area contributed by atoms with Gasteiger partial charge in [-0.2, -0.15) is 12.1 Å². The van der Waals surface area contributed by atoms with Gasteiger partial charge in [-0.25, -0.2) is 4.98 Å². The molecule has 1 aliphatic rings. The average Bonchev–Trinajstić information content (AvgIpc) is 2.29. The van der Waals surface area contributed by atoms with Crippen LogP contribution in [0.3, 0.4) is 0 Å². The first-order valence-corrected chi connectivity index (χ1v) is 26.4. The van der Waals surface area contributed by atoms with Crippen LogP contribution in [0, 0.1) is 18.8 Å². The Morgan fingerprint density at radius 1 is 0.487 bits per heavy atom. The van der Waals surface area contributed by atoms with E-state index in [1.54, 1.807) is 0 Å². The van der Waals surface area contributed by atoms with Crippen molar-refractivity contribution in [3.8, 4) is 39.6 Å². The zero-order valence-electron chi connectivity index (χ0n) is 50.3. The Bertz CT molecular complexity index is 4700. The van der Waals surface area contributed by atoms with E-state index in [2.05, 4.69) is 229 Å². The van der Waals surface area contributed by atoms with Gasteiger partial charge in [0, 0.05) is 50.0 Å². The van der Waals surface area contributed by atoms with Gasteiger partial charge in [0.05, 0.1) is 6.85 Å². The average molecular weight is 1200 g/mol. The minimum Gasteiger partial charge on any atom is -0.509 e. The molecule has 78 heavy (non-hydrogen) atoms. The summed E-state index contributed by atoms with van der Waals surface area (Å²) in [4.78, 5) is 7.13. The van der Waals surface area contributed by atoms with Gasteiger partial charge in [-0.1, -0.05) is 207 Å². The van der Waals surface area contributed by atoms with Gasteiger partial charge < -0.3 is 18.8 Å². The van der Waals surface area contributed by atoms with Crippen molar-refractivity contribution in [2.75, 3.05) is 4.90 Å². The molecule has 0 N–H and O–H groups in total. The van der Waals surface area contributed by atoms with E-state index in [1.807, 2.05) is 36.5 Å². The van der Waals surface area contributed by atoms with E-state index < -0.39 is 6.04 Å². The normalized spacial score (nSPS) is 13.6. The molecular formula is C72H61N4OPt-3. The third-order valence-electron chi connectivity index (χ3n) is 15.2. The summed E-state index contributed by atoms with van der Waals surface area (Å²) in [5.74, 6) is 1.87. The molecule has 0 atom stereocenters. The fraction of sp³-hybridized carbons (Fsp3) is 0.167. The summed E-state index contributed by atoms with van der Waals surface area (Å²) >= 11 is 0. The Kier molecular flexibility index (Phi) is 11.0. The van der Waals surface area contributed by atoms with Crippen LogP contribution in [0.4, 0.5) is 11.4 Å². The maximum atomic E-state index is 9.11.